The third-order valence-electron chi connectivity index (χ3n) is 3.17. The molecule has 1 aromatic carbocycles. The molecule has 0 atom stereocenters. The van der Waals surface area contributed by atoms with Crippen LogP contribution in [0.1, 0.15) is 28.0 Å². The lowest BCUT2D eigenvalue weighted by molar-refractivity contribution is 0.0997. The molecule has 0 saturated heterocycles. The fourth-order valence-corrected chi connectivity index (χ4v) is 2.71. The van der Waals surface area contributed by atoms with Gasteiger partial charge in [-0.05, 0) is 25.0 Å². The van der Waals surface area contributed by atoms with Gasteiger partial charge >= 0.3 is 0 Å². The van der Waals surface area contributed by atoms with Crippen LogP contribution in [-0.2, 0) is 6.42 Å². The molecule has 0 fully saturated rings. The van der Waals surface area contributed by atoms with Gasteiger partial charge in [0.2, 0.25) is 5.13 Å². The van der Waals surface area contributed by atoms with Crippen LogP contribution in [0.5, 0.6) is 0 Å². The quantitative estimate of drug-likeness (QED) is 0.803. The number of rotatable bonds is 3. The Hall–Kier alpha value is -2.54. The number of aromatic nitrogens is 2. The topological polar surface area (TPSA) is 85.1 Å². The average Bonchev–Trinajstić information content (AvgIpc) is 2.95. The van der Waals surface area contributed by atoms with Gasteiger partial charge in [-0.3, -0.25) is 14.9 Å². The lowest BCUT2D eigenvalue weighted by Gasteiger charge is -2.04. The summed E-state index contributed by atoms with van der Waals surface area (Å²) in [6, 6.07) is 6.47. The van der Waals surface area contributed by atoms with Crippen LogP contribution in [-0.4, -0.2) is 16.1 Å². The third-order valence-corrected chi connectivity index (χ3v) is 4.15. The van der Waals surface area contributed by atoms with Gasteiger partial charge in [0.25, 0.3) is 5.91 Å². The largest absolute Gasteiger partial charge is 0.450 e. The van der Waals surface area contributed by atoms with E-state index in [2.05, 4.69) is 15.5 Å². The van der Waals surface area contributed by atoms with Crippen molar-refractivity contribution in [2.45, 2.75) is 20.3 Å². The molecule has 22 heavy (non-hydrogen) atoms. The third kappa shape index (κ3) is 2.62. The number of benzene rings is 1. The van der Waals surface area contributed by atoms with Crippen LogP contribution in [0.2, 0.25) is 0 Å². The Balaban J connectivity index is 1.97. The number of aryl methyl sites for hydroxylation is 2. The summed E-state index contributed by atoms with van der Waals surface area (Å²) in [5, 5.41) is 12.1. The minimum absolute atomic E-state index is 0.0416. The zero-order valence-electron chi connectivity index (χ0n) is 12.0. The highest BCUT2D eigenvalue weighted by Gasteiger charge is 2.15. The second kappa shape index (κ2) is 5.69. The molecule has 112 valence electrons. The molecular weight excluding hydrogens is 302 g/mol. The van der Waals surface area contributed by atoms with Gasteiger partial charge in [-0.25, -0.2) is 0 Å². The lowest BCUT2D eigenvalue weighted by atomic mass is 10.1. The van der Waals surface area contributed by atoms with Crippen molar-refractivity contribution in [2.24, 2.45) is 0 Å². The van der Waals surface area contributed by atoms with Crippen LogP contribution in [0.25, 0.3) is 11.0 Å². The number of nitrogens with zero attached hydrogens (tertiary/aromatic N) is 2. The number of nitrogens with one attached hydrogen (secondary N) is 1. The summed E-state index contributed by atoms with van der Waals surface area (Å²) in [6.45, 7) is 3.78. The Morgan fingerprint density at radius 3 is 2.91 bits per heavy atom. The molecule has 3 rings (SSSR count). The second-order valence-electron chi connectivity index (χ2n) is 4.74. The van der Waals surface area contributed by atoms with E-state index in [4.69, 9.17) is 4.42 Å². The maximum absolute atomic E-state index is 12.2. The van der Waals surface area contributed by atoms with E-state index in [0.717, 1.165) is 17.0 Å². The van der Waals surface area contributed by atoms with Crippen molar-refractivity contribution >= 4 is 33.3 Å². The molecule has 1 amide bonds. The van der Waals surface area contributed by atoms with Crippen LogP contribution >= 0.6 is 11.3 Å². The molecule has 0 spiro atoms. The summed E-state index contributed by atoms with van der Waals surface area (Å²) < 4.78 is 5.58. The number of hydrogen-bond donors (Lipinski definition) is 1. The fourth-order valence-electron chi connectivity index (χ4n) is 2.04. The molecule has 0 bridgehead atoms. The summed E-state index contributed by atoms with van der Waals surface area (Å²) in [5.74, 6) is -0.555. The Labute approximate surface area is 129 Å². The summed E-state index contributed by atoms with van der Waals surface area (Å²) in [5.41, 5.74) is 0.974. The number of hydrogen-bond acceptors (Lipinski definition) is 6. The number of para-hydroxylation sites is 1. The van der Waals surface area contributed by atoms with E-state index in [1.807, 2.05) is 19.9 Å². The van der Waals surface area contributed by atoms with Crippen LogP contribution in [0.15, 0.2) is 33.5 Å². The lowest BCUT2D eigenvalue weighted by Crippen LogP contribution is -2.15. The average molecular weight is 315 g/mol. The van der Waals surface area contributed by atoms with E-state index in [-0.39, 0.29) is 11.2 Å². The number of carbonyl (C=O) groups excluding carboxylic acids is 1. The van der Waals surface area contributed by atoms with Crippen LogP contribution < -0.4 is 10.7 Å². The zero-order valence-corrected chi connectivity index (χ0v) is 12.9. The minimum atomic E-state index is -0.513. The Bertz CT molecular complexity index is 914. The Kier molecular flexibility index (Phi) is 3.72. The van der Waals surface area contributed by atoms with Gasteiger partial charge in [0.15, 0.2) is 11.2 Å². The molecule has 0 saturated carbocycles. The molecule has 0 aliphatic heterocycles. The molecule has 6 nitrogen and oxygen atoms in total. The maximum atomic E-state index is 12.2. The zero-order chi connectivity index (χ0) is 15.7. The summed E-state index contributed by atoms with van der Waals surface area (Å²) in [4.78, 5) is 24.3. The second-order valence-corrected chi connectivity index (χ2v) is 5.80. The SMILES string of the molecule is CCc1nnc(NC(=O)c2cc(=O)c3cccc(C)c3o2)s1. The number of carbonyl (C=O) groups is 1. The van der Waals surface area contributed by atoms with Crippen molar-refractivity contribution in [1.29, 1.82) is 0 Å². The number of anilines is 1. The first kappa shape index (κ1) is 14.4. The maximum Gasteiger partial charge on any atom is 0.293 e. The molecule has 1 N–H and O–H groups in total. The highest BCUT2D eigenvalue weighted by molar-refractivity contribution is 7.15. The van der Waals surface area contributed by atoms with Gasteiger partial charge in [-0.15, -0.1) is 10.2 Å². The van der Waals surface area contributed by atoms with Gasteiger partial charge in [-0.2, -0.15) is 0 Å². The van der Waals surface area contributed by atoms with Gasteiger partial charge in [0.1, 0.15) is 10.6 Å². The summed E-state index contributed by atoms with van der Waals surface area (Å²) in [7, 11) is 0. The fraction of sp³-hybridized carbons (Fsp3) is 0.200. The van der Waals surface area contributed by atoms with E-state index in [9.17, 15) is 9.59 Å². The molecular formula is C15H13N3O3S. The van der Waals surface area contributed by atoms with Gasteiger partial charge in [-0.1, -0.05) is 30.4 Å². The molecule has 2 heterocycles. The number of fused-ring (bicyclic) bond motifs is 1. The first-order chi connectivity index (χ1) is 10.6. The van der Waals surface area contributed by atoms with Crippen molar-refractivity contribution in [3.63, 3.8) is 0 Å². The predicted octanol–water partition coefficient (Wildman–Crippen LogP) is 2.77. The van der Waals surface area contributed by atoms with Crippen molar-refractivity contribution in [1.82, 2.24) is 10.2 Å². The minimum Gasteiger partial charge on any atom is -0.450 e. The van der Waals surface area contributed by atoms with E-state index in [1.54, 1.807) is 12.1 Å². The van der Waals surface area contributed by atoms with Gasteiger partial charge in [0, 0.05) is 6.07 Å². The standard InChI is InChI=1S/C15H13N3O3S/c1-3-12-17-18-15(22-12)16-14(20)11-7-10(19)9-6-4-5-8(2)13(9)21-11/h4-7H,3H2,1-2H3,(H,16,18,20). The van der Waals surface area contributed by atoms with Crippen molar-refractivity contribution < 1.29 is 9.21 Å². The highest BCUT2D eigenvalue weighted by Crippen LogP contribution is 2.19. The predicted molar refractivity (Wildman–Crippen MR) is 84.5 cm³/mol. The van der Waals surface area contributed by atoms with E-state index in [0.29, 0.717) is 16.1 Å². The first-order valence-electron chi connectivity index (χ1n) is 6.75. The van der Waals surface area contributed by atoms with Crippen molar-refractivity contribution in [3.8, 4) is 0 Å². The van der Waals surface area contributed by atoms with Crippen molar-refractivity contribution in [2.75, 3.05) is 5.32 Å². The molecule has 7 heteroatoms. The van der Waals surface area contributed by atoms with Gasteiger partial charge < -0.3 is 4.42 Å². The molecule has 0 radical (unpaired) electrons. The smallest absolute Gasteiger partial charge is 0.293 e. The Morgan fingerprint density at radius 1 is 1.36 bits per heavy atom. The van der Waals surface area contributed by atoms with Crippen molar-refractivity contribution in [3.05, 3.63) is 50.8 Å². The molecule has 0 unspecified atom stereocenters. The molecule has 2 aromatic heterocycles. The Morgan fingerprint density at radius 2 is 2.18 bits per heavy atom. The van der Waals surface area contributed by atoms with Gasteiger partial charge in [0.05, 0.1) is 5.39 Å². The van der Waals surface area contributed by atoms with E-state index < -0.39 is 5.91 Å². The summed E-state index contributed by atoms with van der Waals surface area (Å²) >= 11 is 1.29. The first-order valence-corrected chi connectivity index (χ1v) is 7.57. The van der Waals surface area contributed by atoms with E-state index in [1.165, 1.54) is 17.4 Å². The van der Waals surface area contributed by atoms with Crippen LogP contribution in [0.4, 0.5) is 5.13 Å². The normalized spacial score (nSPS) is 10.8. The van der Waals surface area contributed by atoms with Crippen LogP contribution in [0.3, 0.4) is 0 Å². The molecule has 0 aliphatic rings. The summed E-state index contributed by atoms with van der Waals surface area (Å²) in [6.07, 6.45) is 0.748. The number of amides is 1. The monoisotopic (exact) mass is 315 g/mol. The van der Waals surface area contributed by atoms with Crippen LogP contribution in [0, 0.1) is 6.92 Å². The highest BCUT2D eigenvalue weighted by atomic mass is 32.1. The van der Waals surface area contributed by atoms with E-state index >= 15 is 0 Å². The molecule has 0 aliphatic carbocycles. The molecule has 3 aromatic rings.